The third-order valence-electron chi connectivity index (χ3n) is 2.64. The Morgan fingerprint density at radius 1 is 1.25 bits per heavy atom. The van der Waals surface area contributed by atoms with Gasteiger partial charge in [0.2, 0.25) is 5.88 Å². The van der Waals surface area contributed by atoms with Crippen LogP contribution >= 0.6 is 11.9 Å². The van der Waals surface area contributed by atoms with Gasteiger partial charge in [-0.25, -0.2) is 4.98 Å². The van der Waals surface area contributed by atoms with Gasteiger partial charge in [0.05, 0.1) is 5.69 Å². The Kier molecular flexibility index (Phi) is 5.01. The van der Waals surface area contributed by atoms with Gasteiger partial charge in [0.25, 0.3) is 0 Å². The van der Waals surface area contributed by atoms with E-state index >= 15 is 0 Å². The second-order valence-electron chi connectivity index (χ2n) is 4.10. The Morgan fingerprint density at radius 2 is 2.00 bits per heavy atom. The smallest absolute Gasteiger partial charge is 0.219 e. The lowest BCUT2D eigenvalue weighted by Gasteiger charge is -2.08. The molecule has 20 heavy (non-hydrogen) atoms. The minimum atomic E-state index is 0.483. The van der Waals surface area contributed by atoms with Crippen molar-refractivity contribution in [2.45, 2.75) is 13.8 Å². The van der Waals surface area contributed by atoms with Crippen LogP contribution in [-0.4, -0.2) is 17.0 Å². The summed E-state index contributed by atoms with van der Waals surface area (Å²) in [6.07, 6.45) is 0.790. The van der Waals surface area contributed by atoms with Crippen molar-refractivity contribution >= 4 is 23.9 Å². The predicted molar refractivity (Wildman–Crippen MR) is 82.6 cm³/mol. The monoisotopic (exact) mass is 288 g/mol. The van der Waals surface area contributed by atoms with Crippen LogP contribution < -0.4 is 9.46 Å². The molecule has 1 aromatic heterocycles. The average molecular weight is 288 g/mol. The van der Waals surface area contributed by atoms with Crippen molar-refractivity contribution in [3.63, 3.8) is 0 Å². The summed E-state index contributed by atoms with van der Waals surface area (Å²) in [6, 6.07) is 11.1. The Hall–Kier alpha value is -2.01. The lowest BCUT2D eigenvalue weighted by atomic mass is 10.2. The van der Waals surface area contributed by atoms with Gasteiger partial charge in [-0.05, 0) is 37.3 Å². The molecule has 1 N–H and O–H groups in total. The SMILES string of the molecule is CCSNc1ccc(Oc2ccc(C=O)c(C)n2)cc1. The molecule has 0 bridgehead atoms. The zero-order valence-electron chi connectivity index (χ0n) is 11.4. The number of carbonyl (C=O) groups excluding carboxylic acids is 1. The van der Waals surface area contributed by atoms with Crippen molar-refractivity contribution in [3.05, 3.63) is 47.7 Å². The van der Waals surface area contributed by atoms with Gasteiger partial charge in [0.1, 0.15) is 5.75 Å². The highest BCUT2D eigenvalue weighted by Crippen LogP contribution is 2.23. The van der Waals surface area contributed by atoms with Crippen molar-refractivity contribution < 1.29 is 9.53 Å². The molecule has 0 saturated carbocycles. The Bertz CT molecular complexity index is 585. The Balaban J connectivity index is 2.06. The van der Waals surface area contributed by atoms with E-state index in [1.165, 1.54) is 0 Å². The van der Waals surface area contributed by atoms with E-state index < -0.39 is 0 Å². The van der Waals surface area contributed by atoms with Crippen LogP contribution in [0.15, 0.2) is 36.4 Å². The highest BCUT2D eigenvalue weighted by atomic mass is 32.2. The van der Waals surface area contributed by atoms with E-state index in [1.54, 1.807) is 31.0 Å². The third-order valence-corrected chi connectivity index (χ3v) is 3.31. The maximum Gasteiger partial charge on any atom is 0.219 e. The fraction of sp³-hybridized carbons (Fsp3) is 0.200. The van der Waals surface area contributed by atoms with Gasteiger partial charge in [-0.1, -0.05) is 18.9 Å². The number of ether oxygens (including phenoxy) is 1. The van der Waals surface area contributed by atoms with E-state index in [0.29, 0.717) is 22.9 Å². The van der Waals surface area contributed by atoms with Gasteiger partial charge in [-0.3, -0.25) is 4.79 Å². The first-order chi connectivity index (χ1) is 9.72. The maximum atomic E-state index is 10.7. The molecule has 0 spiro atoms. The standard InChI is InChI=1S/C15H16N2O2S/c1-3-20-17-13-5-7-14(8-6-13)19-15-9-4-12(10-18)11(2)16-15/h4-10,17H,3H2,1-2H3. The van der Waals surface area contributed by atoms with Crippen molar-refractivity contribution in [1.29, 1.82) is 0 Å². The molecule has 0 unspecified atom stereocenters. The van der Waals surface area contributed by atoms with Gasteiger partial charge in [0, 0.05) is 23.1 Å². The Morgan fingerprint density at radius 3 is 2.60 bits per heavy atom. The molecule has 0 radical (unpaired) electrons. The second kappa shape index (κ2) is 6.96. The van der Waals surface area contributed by atoms with Crippen molar-refractivity contribution in [2.75, 3.05) is 10.5 Å². The van der Waals surface area contributed by atoms with E-state index in [2.05, 4.69) is 16.6 Å². The van der Waals surface area contributed by atoms with E-state index in [0.717, 1.165) is 17.7 Å². The van der Waals surface area contributed by atoms with Crippen molar-refractivity contribution in [3.8, 4) is 11.6 Å². The molecule has 0 amide bonds. The second-order valence-corrected chi connectivity index (χ2v) is 5.17. The van der Waals surface area contributed by atoms with Crippen LogP contribution in [0.5, 0.6) is 11.6 Å². The van der Waals surface area contributed by atoms with Crippen LogP contribution in [-0.2, 0) is 0 Å². The fourth-order valence-corrected chi connectivity index (χ4v) is 2.04. The summed E-state index contributed by atoms with van der Waals surface area (Å²) in [7, 11) is 0. The van der Waals surface area contributed by atoms with Gasteiger partial charge < -0.3 is 9.46 Å². The molecular formula is C15H16N2O2S. The first-order valence-electron chi connectivity index (χ1n) is 6.31. The number of aromatic nitrogens is 1. The van der Waals surface area contributed by atoms with Gasteiger partial charge in [-0.2, -0.15) is 0 Å². The van der Waals surface area contributed by atoms with Gasteiger partial charge in [-0.15, -0.1) is 0 Å². The number of hydrogen-bond donors (Lipinski definition) is 1. The number of anilines is 1. The number of nitrogens with zero attached hydrogens (tertiary/aromatic N) is 1. The third kappa shape index (κ3) is 3.74. The summed E-state index contributed by atoms with van der Waals surface area (Å²) in [5.41, 5.74) is 2.27. The summed E-state index contributed by atoms with van der Waals surface area (Å²) in [5, 5.41) is 0. The molecule has 4 nitrogen and oxygen atoms in total. The fourth-order valence-electron chi connectivity index (χ4n) is 1.60. The van der Waals surface area contributed by atoms with E-state index in [4.69, 9.17) is 4.74 Å². The number of carbonyl (C=O) groups is 1. The maximum absolute atomic E-state index is 10.7. The predicted octanol–water partition coefficient (Wildman–Crippen LogP) is 4.07. The van der Waals surface area contributed by atoms with Crippen molar-refractivity contribution in [2.24, 2.45) is 0 Å². The highest BCUT2D eigenvalue weighted by molar-refractivity contribution is 8.00. The molecule has 2 aromatic rings. The van der Waals surface area contributed by atoms with E-state index in [-0.39, 0.29) is 0 Å². The number of benzene rings is 1. The Labute approximate surface area is 122 Å². The summed E-state index contributed by atoms with van der Waals surface area (Å²) in [4.78, 5) is 15.0. The normalized spacial score (nSPS) is 10.1. The van der Waals surface area contributed by atoms with Crippen LogP contribution in [0.25, 0.3) is 0 Å². The summed E-state index contributed by atoms with van der Waals surface area (Å²) in [5.74, 6) is 2.20. The molecule has 2 rings (SSSR count). The number of pyridine rings is 1. The zero-order valence-corrected chi connectivity index (χ0v) is 12.2. The number of rotatable bonds is 6. The topological polar surface area (TPSA) is 51.2 Å². The molecule has 1 aromatic carbocycles. The zero-order chi connectivity index (χ0) is 14.4. The van der Waals surface area contributed by atoms with Crippen LogP contribution in [0.4, 0.5) is 5.69 Å². The first-order valence-corrected chi connectivity index (χ1v) is 7.30. The van der Waals surface area contributed by atoms with E-state index in [1.807, 2.05) is 24.3 Å². The van der Waals surface area contributed by atoms with Crippen molar-refractivity contribution in [1.82, 2.24) is 4.98 Å². The van der Waals surface area contributed by atoms with Gasteiger partial charge >= 0.3 is 0 Å². The van der Waals surface area contributed by atoms with Crippen LogP contribution in [0, 0.1) is 6.92 Å². The quantitative estimate of drug-likeness (QED) is 0.641. The molecule has 1 heterocycles. The van der Waals surface area contributed by atoms with Crippen LogP contribution in [0.2, 0.25) is 0 Å². The summed E-state index contributed by atoms with van der Waals surface area (Å²) < 4.78 is 8.87. The number of nitrogens with one attached hydrogen (secondary N) is 1. The molecule has 0 aliphatic rings. The molecule has 0 saturated heterocycles. The summed E-state index contributed by atoms with van der Waals surface area (Å²) >= 11 is 1.64. The highest BCUT2D eigenvalue weighted by Gasteiger charge is 2.03. The molecule has 0 aliphatic heterocycles. The van der Waals surface area contributed by atoms with Gasteiger partial charge in [0.15, 0.2) is 6.29 Å². The van der Waals surface area contributed by atoms with Crippen LogP contribution in [0.1, 0.15) is 23.0 Å². The molecular weight excluding hydrogens is 272 g/mol. The average Bonchev–Trinajstić information content (AvgIpc) is 2.47. The van der Waals surface area contributed by atoms with Crippen LogP contribution in [0.3, 0.4) is 0 Å². The number of hydrogen-bond acceptors (Lipinski definition) is 5. The number of aryl methyl sites for hydroxylation is 1. The molecule has 104 valence electrons. The first kappa shape index (κ1) is 14.4. The largest absolute Gasteiger partial charge is 0.439 e. The number of aldehydes is 1. The lowest BCUT2D eigenvalue weighted by molar-refractivity contribution is 0.112. The minimum absolute atomic E-state index is 0.483. The molecule has 0 fully saturated rings. The van der Waals surface area contributed by atoms with E-state index in [9.17, 15) is 4.79 Å². The molecule has 0 aliphatic carbocycles. The molecule has 0 atom stereocenters. The lowest BCUT2D eigenvalue weighted by Crippen LogP contribution is -1.94. The summed E-state index contributed by atoms with van der Waals surface area (Å²) in [6.45, 7) is 3.87. The minimum Gasteiger partial charge on any atom is -0.439 e. The molecule has 5 heteroatoms.